The van der Waals surface area contributed by atoms with Gasteiger partial charge in [0.25, 0.3) is 0 Å². The third-order valence-electron chi connectivity index (χ3n) is 4.28. The van der Waals surface area contributed by atoms with Crippen LogP contribution in [0.5, 0.6) is 0 Å². The van der Waals surface area contributed by atoms with E-state index in [1.165, 1.54) is 0 Å². The summed E-state index contributed by atoms with van der Waals surface area (Å²) in [6.45, 7) is 3.96. The molecule has 0 aromatic heterocycles. The van der Waals surface area contributed by atoms with Gasteiger partial charge in [0.05, 0.1) is 12.5 Å². The zero-order valence-electron chi connectivity index (χ0n) is 14.5. The maximum Gasteiger partial charge on any atom is 0.355 e. The zero-order valence-corrected chi connectivity index (χ0v) is 15.3. The second kappa shape index (κ2) is 7.70. The molecule has 2 aromatic rings. The number of ketones is 1. The van der Waals surface area contributed by atoms with Crippen molar-refractivity contribution in [2.75, 3.05) is 6.61 Å². The Morgan fingerprint density at radius 3 is 2.38 bits per heavy atom. The van der Waals surface area contributed by atoms with Gasteiger partial charge >= 0.3 is 5.97 Å². The van der Waals surface area contributed by atoms with Crippen molar-refractivity contribution >= 4 is 29.1 Å². The van der Waals surface area contributed by atoms with Gasteiger partial charge < -0.3 is 4.74 Å². The molecule has 0 fully saturated rings. The third kappa shape index (κ3) is 3.63. The van der Waals surface area contributed by atoms with Gasteiger partial charge in [0.2, 0.25) is 0 Å². The molecule has 0 radical (unpaired) electrons. The highest BCUT2D eigenvalue weighted by Gasteiger charge is 2.41. The molecule has 26 heavy (non-hydrogen) atoms. The normalized spacial score (nSPS) is 18.8. The number of Topliss-reactive ketones (excluding diaryl/α,β-unsaturated/α-hetero) is 1. The first-order valence-corrected chi connectivity index (χ1v) is 8.75. The second-order valence-electron chi connectivity index (χ2n) is 6.08. The molecule has 2 aromatic carbocycles. The minimum absolute atomic E-state index is 0.157. The van der Waals surface area contributed by atoms with Crippen LogP contribution < -0.4 is 5.43 Å². The fraction of sp³-hybridized carbons (Fsp3) is 0.250. The number of carbonyl (C=O) groups excluding carboxylic acids is 2. The summed E-state index contributed by atoms with van der Waals surface area (Å²) in [7, 11) is 0. The van der Waals surface area contributed by atoms with Crippen LogP contribution in [0.4, 0.5) is 0 Å². The fourth-order valence-electron chi connectivity index (χ4n) is 2.95. The van der Waals surface area contributed by atoms with E-state index in [0.717, 1.165) is 11.1 Å². The summed E-state index contributed by atoms with van der Waals surface area (Å²) in [6, 6.07) is 13.7. The van der Waals surface area contributed by atoms with E-state index in [-0.39, 0.29) is 18.1 Å². The van der Waals surface area contributed by atoms with Crippen LogP contribution in [-0.4, -0.2) is 30.1 Å². The SMILES string of the molecule is CCOC(=O)C1=NN[C@H](C(=O)c2ccc(Cl)cc2)[C@H]1c1ccc(C)cc1. The highest BCUT2D eigenvalue weighted by atomic mass is 35.5. The summed E-state index contributed by atoms with van der Waals surface area (Å²) < 4.78 is 5.11. The highest BCUT2D eigenvalue weighted by Crippen LogP contribution is 2.29. The molecule has 3 rings (SSSR count). The lowest BCUT2D eigenvalue weighted by molar-refractivity contribution is -0.135. The van der Waals surface area contributed by atoms with E-state index in [1.54, 1.807) is 31.2 Å². The van der Waals surface area contributed by atoms with Crippen LogP contribution in [0, 0.1) is 6.92 Å². The molecule has 0 bridgehead atoms. The van der Waals surface area contributed by atoms with Crippen LogP contribution in [0.2, 0.25) is 5.02 Å². The molecular formula is C20H19ClN2O3. The zero-order chi connectivity index (χ0) is 18.7. The van der Waals surface area contributed by atoms with E-state index in [9.17, 15) is 9.59 Å². The quantitative estimate of drug-likeness (QED) is 0.646. The van der Waals surface area contributed by atoms with Crippen LogP contribution in [0.3, 0.4) is 0 Å². The van der Waals surface area contributed by atoms with E-state index in [2.05, 4.69) is 10.5 Å². The van der Waals surface area contributed by atoms with Gasteiger partial charge in [-0.15, -0.1) is 0 Å². The molecule has 0 spiro atoms. The Bertz CT molecular complexity index is 844. The molecular weight excluding hydrogens is 352 g/mol. The lowest BCUT2D eigenvalue weighted by atomic mass is 9.84. The van der Waals surface area contributed by atoms with Gasteiger partial charge in [-0.1, -0.05) is 41.4 Å². The van der Waals surface area contributed by atoms with Gasteiger partial charge in [0, 0.05) is 10.6 Å². The topological polar surface area (TPSA) is 67.8 Å². The maximum absolute atomic E-state index is 13.0. The minimum atomic E-state index is -0.682. The van der Waals surface area contributed by atoms with Crippen LogP contribution in [0.1, 0.15) is 34.3 Å². The number of ether oxygens (including phenoxy) is 1. The van der Waals surface area contributed by atoms with E-state index in [4.69, 9.17) is 16.3 Å². The number of benzene rings is 2. The highest BCUT2D eigenvalue weighted by molar-refractivity contribution is 6.40. The fourth-order valence-corrected chi connectivity index (χ4v) is 3.07. The van der Waals surface area contributed by atoms with Gasteiger partial charge in [-0.3, -0.25) is 10.2 Å². The van der Waals surface area contributed by atoms with Gasteiger partial charge in [-0.05, 0) is 43.7 Å². The Hall–Kier alpha value is -2.66. The van der Waals surface area contributed by atoms with Crippen molar-refractivity contribution in [1.82, 2.24) is 5.43 Å². The number of carbonyl (C=O) groups is 2. The van der Waals surface area contributed by atoms with Crippen LogP contribution in [0.25, 0.3) is 0 Å². The predicted octanol–water partition coefficient (Wildman–Crippen LogP) is 3.51. The minimum Gasteiger partial charge on any atom is -0.461 e. The number of nitrogens with zero attached hydrogens (tertiary/aromatic N) is 1. The molecule has 134 valence electrons. The van der Waals surface area contributed by atoms with E-state index < -0.39 is 17.9 Å². The molecule has 6 heteroatoms. The lowest BCUT2D eigenvalue weighted by Gasteiger charge is -2.20. The van der Waals surface area contributed by atoms with Gasteiger partial charge in [0.1, 0.15) is 6.04 Å². The Morgan fingerprint density at radius 2 is 1.77 bits per heavy atom. The number of hydrogen-bond acceptors (Lipinski definition) is 5. The second-order valence-corrected chi connectivity index (χ2v) is 6.52. The molecule has 1 N–H and O–H groups in total. The van der Waals surface area contributed by atoms with Gasteiger partial charge in [-0.2, -0.15) is 5.10 Å². The summed E-state index contributed by atoms with van der Waals surface area (Å²) in [5.74, 6) is -1.19. The first-order valence-electron chi connectivity index (χ1n) is 8.38. The number of hydrogen-bond donors (Lipinski definition) is 1. The molecule has 0 saturated carbocycles. The number of nitrogens with one attached hydrogen (secondary N) is 1. The number of aryl methyl sites for hydroxylation is 1. The Balaban J connectivity index is 1.96. The van der Waals surface area contributed by atoms with Crippen molar-refractivity contribution in [2.45, 2.75) is 25.8 Å². The standard InChI is InChI=1S/C20H19ClN2O3/c1-3-26-20(25)18-16(13-6-4-12(2)5-7-13)17(22-23-18)19(24)14-8-10-15(21)11-9-14/h4-11,16-17,22H,3H2,1-2H3/t16-,17+/m1/s1. The Labute approximate surface area is 157 Å². The molecule has 0 aliphatic carbocycles. The van der Waals surface area contributed by atoms with Crippen molar-refractivity contribution in [2.24, 2.45) is 5.10 Å². The summed E-state index contributed by atoms with van der Waals surface area (Å²) >= 11 is 5.90. The maximum atomic E-state index is 13.0. The molecule has 0 amide bonds. The number of rotatable bonds is 5. The average molecular weight is 371 g/mol. The van der Waals surface area contributed by atoms with Gasteiger partial charge in [0.15, 0.2) is 11.5 Å². The first-order chi connectivity index (χ1) is 12.5. The number of esters is 1. The molecule has 0 saturated heterocycles. The summed E-state index contributed by atoms with van der Waals surface area (Å²) in [5, 5.41) is 4.68. The van der Waals surface area contributed by atoms with E-state index in [1.807, 2.05) is 31.2 Å². The largest absolute Gasteiger partial charge is 0.461 e. The number of halogens is 1. The molecule has 2 atom stereocenters. The van der Waals surface area contributed by atoms with Gasteiger partial charge in [-0.25, -0.2) is 4.79 Å². The predicted molar refractivity (Wildman–Crippen MR) is 101 cm³/mol. The molecule has 1 aliphatic rings. The smallest absolute Gasteiger partial charge is 0.355 e. The van der Waals surface area contributed by atoms with Crippen LogP contribution in [-0.2, 0) is 9.53 Å². The van der Waals surface area contributed by atoms with Crippen molar-refractivity contribution in [1.29, 1.82) is 0 Å². The average Bonchev–Trinajstić information content (AvgIpc) is 3.08. The van der Waals surface area contributed by atoms with Crippen molar-refractivity contribution < 1.29 is 14.3 Å². The number of hydrazone groups is 1. The monoisotopic (exact) mass is 370 g/mol. The van der Waals surface area contributed by atoms with E-state index in [0.29, 0.717) is 10.6 Å². The summed E-state index contributed by atoms with van der Waals surface area (Å²) in [4.78, 5) is 25.3. The van der Waals surface area contributed by atoms with Crippen LogP contribution >= 0.6 is 11.6 Å². The molecule has 1 aliphatic heterocycles. The van der Waals surface area contributed by atoms with Crippen molar-refractivity contribution in [3.8, 4) is 0 Å². The third-order valence-corrected chi connectivity index (χ3v) is 4.54. The van der Waals surface area contributed by atoms with E-state index >= 15 is 0 Å². The first kappa shape index (κ1) is 18.1. The van der Waals surface area contributed by atoms with Crippen molar-refractivity contribution in [3.05, 3.63) is 70.2 Å². The lowest BCUT2D eigenvalue weighted by Crippen LogP contribution is -2.37. The van der Waals surface area contributed by atoms with Crippen LogP contribution in [0.15, 0.2) is 53.6 Å². The Kier molecular flexibility index (Phi) is 5.38. The summed E-state index contributed by atoms with van der Waals surface area (Å²) in [5.41, 5.74) is 5.47. The van der Waals surface area contributed by atoms with Crippen molar-refractivity contribution in [3.63, 3.8) is 0 Å². The molecule has 1 heterocycles. The summed E-state index contributed by atoms with van der Waals surface area (Å²) in [6.07, 6.45) is 0. The molecule has 5 nitrogen and oxygen atoms in total. The molecule has 0 unspecified atom stereocenters. The Morgan fingerprint density at radius 1 is 1.12 bits per heavy atom.